The lowest BCUT2D eigenvalue weighted by atomic mass is 10.4. The Morgan fingerprint density at radius 1 is 1.32 bits per heavy atom. The second-order valence-electron chi connectivity index (χ2n) is 3.76. The molecule has 0 aliphatic rings. The molecular formula is C12H12N6S. The van der Waals surface area contributed by atoms with E-state index in [0.717, 1.165) is 11.4 Å². The largest absolute Gasteiger partial charge is 0.354 e. The van der Waals surface area contributed by atoms with Crippen molar-refractivity contribution in [3.63, 3.8) is 0 Å². The van der Waals surface area contributed by atoms with Crippen LogP contribution in [0.2, 0.25) is 0 Å². The zero-order valence-electron chi connectivity index (χ0n) is 10.3. The van der Waals surface area contributed by atoms with Gasteiger partial charge in [0.2, 0.25) is 11.9 Å². The molecule has 0 saturated carbocycles. The minimum atomic E-state index is 0.562. The predicted octanol–water partition coefficient (Wildman–Crippen LogP) is 2.22. The summed E-state index contributed by atoms with van der Waals surface area (Å²) >= 11 is 1.60. The molecule has 3 aromatic heterocycles. The third kappa shape index (κ3) is 2.45. The van der Waals surface area contributed by atoms with Gasteiger partial charge in [0.1, 0.15) is 6.33 Å². The van der Waals surface area contributed by atoms with E-state index in [4.69, 9.17) is 0 Å². The fourth-order valence-electron chi connectivity index (χ4n) is 1.61. The number of imidazole rings is 1. The Morgan fingerprint density at radius 3 is 2.95 bits per heavy atom. The maximum absolute atomic E-state index is 4.47. The summed E-state index contributed by atoms with van der Waals surface area (Å²) in [6.45, 7) is 2.77. The van der Waals surface area contributed by atoms with Gasteiger partial charge in [-0.2, -0.15) is 15.0 Å². The predicted molar refractivity (Wildman–Crippen MR) is 74.4 cm³/mol. The summed E-state index contributed by atoms with van der Waals surface area (Å²) < 4.78 is 1.76. The highest BCUT2D eigenvalue weighted by atomic mass is 32.1. The third-order valence-electron chi connectivity index (χ3n) is 2.44. The molecule has 1 N–H and O–H groups in total. The first-order valence-electron chi connectivity index (χ1n) is 5.89. The van der Waals surface area contributed by atoms with Crippen LogP contribution in [-0.2, 0) is 0 Å². The molecule has 0 aromatic carbocycles. The summed E-state index contributed by atoms with van der Waals surface area (Å²) in [6, 6.07) is 3.97. The SMILES string of the molecule is CCNc1nc(-c2cccs2)nc(-n2ccnc2)n1. The van der Waals surface area contributed by atoms with Crippen LogP contribution in [-0.4, -0.2) is 31.0 Å². The lowest BCUT2D eigenvalue weighted by Gasteiger charge is -2.06. The van der Waals surface area contributed by atoms with Gasteiger partial charge >= 0.3 is 0 Å². The zero-order valence-corrected chi connectivity index (χ0v) is 11.1. The second-order valence-corrected chi connectivity index (χ2v) is 4.71. The van der Waals surface area contributed by atoms with Gasteiger partial charge in [0, 0.05) is 18.9 Å². The van der Waals surface area contributed by atoms with E-state index in [1.807, 2.05) is 30.6 Å². The lowest BCUT2D eigenvalue weighted by Crippen LogP contribution is -2.08. The van der Waals surface area contributed by atoms with Crippen molar-refractivity contribution in [2.75, 3.05) is 11.9 Å². The Bertz CT molecular complexity index is 594. The van der Waals surface area contributed by atoms with Crippen molar-refractivity contribution in [2.45, 2.75) is 6.92 Å². The maximum atomic E-state index is 4.47. The van der Waals surface area contributed by atoms with Gasteiger partial charge < -0.3 is 5.32 Å². The van der Waals surface area contributed by atoms with E-state index in [0.29, 0.717) is 17.7 Å². The van der Waals surface area contributed by atoms with Gasteiger partial charge in [0.15, 0.2) is 5.82 Å². The van der Waals surface area contributed by atoms with Gasteiger partial charge in [0.05, 0.1) is 4.88 Å². The molecule has 0 atom stereocenters. The van der Waals surface area contributed by atoms with Crippen LogP contribution in [0.25, 0.3) is 16.6 Å². The topological polar surface area (TPSA) is 68.5 Å². The van der Waals surface area contributed by atoms with Crippen molar-refractivity contribution in [1.82, 2.24) is 24.5 Å². The highest BCUT2D eigenvalue weighted by molar-refractivity contribution is 7.13. The summed E-state index contributed by atoms with van der Waals surface area (Å²) in [4.78, 5) is 18.3. The number of rotatable bonds is 4. The molecule has 0 saturated heterocycles. The summed E-state index contributed by atoms with van der Waals surface area (Å²) in [6.07, 6.45) is 5.17. The van der Waals surface area contributed by atoms with E-state index in [2.05, 4.69) is 25.3 Å². The highest BCUT2D eigenvalue weighted by Gasteiger charge is 2.09. The Morgan fingerprint density at radius 2 is 2.26 bits per heavy atom. The smallest absolute Gasteiger partial charge is 0.240 e. The van der Waals surface area contributed by atoms with Gasteiger partial charge in [-0.15, -0.1) is 11.3 Å². The van der Waals surface area contributed by atoms with E-state index in [9.17, 15) is 0 Å². The molecule has 0 spiro atoms. The monoisotopic (exact) mass is 272 g/mol. The van der Waals surface area contributed by atoms with Crippen LogP contribution >= 0.6 is 11.3 Å². The fraction of sp³-hybridized carbons (Fsp3) is 0.167. The summed E-state index contributed by atoms with van der Waals surface area (Å²) in [5.41, 5.74) is 0. The highest BCUT2D eigenvalue weighted by Crippen LogP contribution is 2.22. The molecule has 0 amide bonds. The van der Waals surface area contributed by atoms with Gasteiger partial charge in [0.25, 0.3) is 0 Å². The Kier molecular flexibility index (Phi) is 3.20. The van der Waals surface area contributed by atoms with Crippen molar-refractivity contribution < 1.29 is 0 Å². The molecular weight excluding hydrogens is 260 g/mol. The normalized spacial score (nSPS) is 10.6. The first-order chi connectivity index (χ1) is 9.36. The number of nitrogens with one attached hydrogen (secondary N) is 1. The standard InChI is InChI=1S/C12H12N6S/c1-2-14-11-15-10(9-4-3-7-19-9)16-12(17-11)18-6-5-13-8-18/h3-8H,2H2,1H3,(H,14,15,16,17). The number of hydrogen-bond acceptors (Lipinski definition) is 6. The van der Waals surface area contributed by atoms with Gasteiger partial charge in [-0.05, 0) is 18.4 Å². The van der Waals surface area contributed by atoms with Crippen molar-refractivity contribution in [3.8, 4) is 16.6 Å². The van der Waals surface area contributed by atoms with Gasteiger partial charge in [-0.3, -0.25) is 4.57 Å². The molecule has 0 aliphatic heterocycles. The molecule has 0 aliphatic carbocycles. The maximum Gasteiger partial charge on any atom is 0.240 e. The van der Waals surface area contributed by atoms with Gasteiger partial charge in [-0.1, -0.05) is 6.07 Å². The first kappa shape index (κ1) is 11.8. The summed E-state index contributed by atoms with van der Waals surface area (Å²) in [7, 11) is 0. The first-order valence-corrected chi connectivity index (χ1v) is 6.77. The summed E-state index contributed by atoms with van der Waals surface area (Å²) in [5, 5.41) is 5.12. The minimum absolute atomic E-state index is 0.562. The van der Waals surface area contributed by atoms with Crippen molar-refractivity contribution >= 4 is 17.3 Å². The van der Waals surface area contributed by atoms with Gasteiger partial charge in [-0.25, -0.2) is 4.98 Å². The van der Waals surface area contributed by atoms with Crippen LogP contribution in [0.5, 0.6) is 0 Å². The van der Waals surface area contributed by atoms with Crippen LogP contribution in [0.1, 0.15) is 6.92 Å². The van der Waals surface area contributed by atoms with E-state index in [1.165, 1.54) is 0 Å². The van der Waals surface area contributed by atoms with E-state index < -0.39 is 0 Å². The van der Waals surface area contributed by atoms with Crippen LogP contribution in [0.3, 0.4) is 0 Å². The van der Waals surface area contributed by atoms with Crippen LogP contribution < -0.4 is 5.32 Å². The lowest BCUT2D eigenvalue weighted by molar-refractivity contribution is 0.898. The number of hydrogen-bond donors (Lipinski definition) is 1. The Labute approximate surface area is 114 Å². The Balaban J connectivity index is 2.09. The van der Waals surface area contributed by atoms with Crippen LogP contribution in [0, 0.1) is 0 Å². The number of anilines is 1. The van der Waals surface area contributed by atoms with Crippen molar-refractivity contribution in [1.29, 1.82) is 0 Å². The number of aromatic nitrogens is 5. The van der Waals surface area contributed by atoms with Crippen LogP contribution in [0.15, 0.2) is 36.2 Å². The average molecular weight is 272 g/mol. The quantitative estimate of drug-likeness (QED) is 0.788. The van der Waals surface area contributed by atoms with E-state index in [-0.39, 0.29) is 0 Å². The van der Waals surface area contributed by atoms with Crippen molar-refractivity contribution in [3.05, 3.63) is 36.2 Å². The fourth-order valence-corrected chi connectivity index (χ4v) is 2.27. The molecule has 0 bridgehead atoms. The molecule has 3 aromatic rings. The molecule has 96 valence electrons. The molecule has 0 radical (unpaired) electrons. The molecule has 3 rings (SSSR count). The van der Waals surface area contributed by atoms with E-state index in [1.54, 1.807) is 28.4 Å². The van der Waals surface area contributed by atoms with Crippen molar-refractivity contribution in [2.24, 2.45) is 0 Å². The van der Waals surface area contributed by atoms with E-state index >= 15 is 0 Å². The molecule has 7 heteroatoms. The average Bonchev–Trinajstić information content (AvgIpc) is 3.12. The zero-order chi connectivity index (χ0) is 13.1. The molecule has 3 heterocycles. The minimum Gasteiger partial charge on any atom is -0.354 e. The Hall–Kier alpha value is -2.28. The third-order valence-corrected chi connectivity index (χ3v) is 3.30. The molecule has 19 heavy (non-hydrogen) atoms. The molecule has 0 fully saturated rings. The molecule has 0 unspecified atom stereocenters. The molecule has 6 nitrogen and oxygen atoms in total. The second kappa shape index (κ2) is 5.15. The number of nitrogens with zero attached hydrogens (tertiary/aromatic N) is 5. The summed E-state index contributed by atoms with van der Waals surface area (Å²) in [5.74, 6) is 1.81. The number of thiophene rings is 1. The van der Waals surface area contributed by atoms with Crippen LogP contribution in [0.4, 0.5) is 5.95 Å².